The molecule has 0 bridgehead atoms. The Kier molecular flexibility index (Phi) is 3.27. The molecule has 1 heterocycles. The molecule has 0 aromatic heterocycles. The predicted octanol–water partition coefficient (Wildman–Crippen LogP) is 2.68. The van der Waals surface area contributed by atoms with Gasteiger partial charge in [-0.3, -0.25) is 0 Å². The summed E-state index contributed by atoms with van der Waals surface area (Å²) in [5.41, 5.74) is 2.73. The first-order valence-corrected chi connectivity index (χ1v) is 5.80. The van der Waals surface area contributed by atoms with Crippen molar-refractivity contribution in [2.75, 3.05) is 13.2 Å². The minimum absolute atomic E-state index is 0.441. The van der Waals surface area contributed by atoms with Crippen LogP contribution in [0, 0.1) is 0 Å². The maximum absolute atomic E-state index is 5.49. The molecule has 1 aromatic carbocycles. The summed E-state index contributed by atoms with van der Waals surface area (Å²) in [6, 6.07) is 6.98. The Hall–Kier alpha value is -1.02. The molecule has 2 nitrogen and oxygen atoms in total. The highest BCUT2D eigenvalue weighted by molar-refractivity contribution is 5.40. The second-order valence-electron chi connectivity index (χ2n) is 4.14. The third-order valence-corrected chi connectivity index (χ3v) is 2.91. The summed E-state index contributed by atoms with van der Waals surface area (Å²) < 4.78 is 5.49. The van der Waals surface area contributed by atoms with Crippen LogP contribution in [0.3, 0.4) is 0 Å². The lowest BCUT2D eigenvalue weighted by Gasteiger charge is -2.14. The van der Waals surface area contributed by atoms with Crippen molar-refractivity contribution < 1.29 is 4.74 Å². The molecule has 0 aliphatic carbocycles. The number of hydrogen-bond acceptors (Lipinski definition) is 2. The van der Waals surface area contributed by atoms with E-state index in [4.69, 9.17) is 4.74 Å². The summed E-state index contributed by atoms with van der Waals surface area (Å²) in [7, 11) is 0. The van der Waals surface area contributed by atoms with Crippen LogP contribution in [0.4, 0.5) is 0 Å². The lowest BCUT2D eigenvalue weighted by Crippen LogP contribution is -2.19. The van der Waals surface area contributed by atoms with Gasteiger partial charge in [-0.05, 0) is 37.1 Å². The van der Waals surface area contributed by atoms with E-state index in [0.717, 1.165) is 25.3 Å². The Bertz CT molecular complexity index is 335. The van der Waals surface area contributed by atoms with Gasteiger partial charge in [-0.2, -0.15) is 0 Å². The Morgan fingerprint density at radius 1 is 1.47 bits per heavy atom. The molecule has 2 heteroatoms. The van der Waals surface area contributed by atoms with E-state index in [1.165, 1.54) is 17.5 Å². The Morgan fingerprint density at radius 3 is 3.13 bits per heavy atom. The number of benzene rings is 1. The molecule has 2 rings (SSSR count). The number of ether oxygens (including phenoxy) is 1. The molecular formula is C13H19NO. The average Bonchev–Trinajstić information content (AvgIpc) is 2.72. The average molecular weight is 205 g/mol. The molecule has 1 aliphatic heterocycles. The van der Waals surface area contributed by atoms with Crippen LogP contribution in [0.5, 0.6) is 5.75 Å². The van der Waals surface area contributed by atoms with Gasteiger partial charge in [0.05, 0.1) is 6.61 Å². The Morgan fingerprint density at radius 2 is 2.33 bits per heavy atom. The van der Waals surface area contributed by atoms with Crippen molar-refractivity contribution in [3.05, 3.63) is 29.3 Å². The highest BCUT2D eigenvalue weighted by Gasteiger charge is 2.13. The standard InChI is InChI=1S/C13H19NO/c1-3-7-14-10(2)11-4-5-13-12(9-11)6-8-15-13/h4-5,9-10,14H,3,6-8H2,1-2H3. The molecule has 0 amide bonds. The largest absolute Gasteiger partial charge is 0.493 e. The zero-order chi connectivity index (χ0) is 10.7. The molecule has 0 saturated heterocycles. The summed E-state index contributed by atoms with van der Waals surface area (Å²) in [6.07, 6.45) is 2.24. The highest BCUT2D eigenvalue weighted by Crippen LogP contribution is 2.27. The quantitative estimate of drug-likeness (QED) is 0.816. The fraction of sp³-hybridized carbons (Fsp3) is 0.538. The van der Waals surface area contributed by atoms with Crippen LogP contribution >= 0.6 is 0 Å². The van der Waals surface area contributed by atoms with Crippen LogP contribution in [0.2, 0.25) is 0 Å². The molecule has 0 spiro atoms. The van der Waals surface area contributed by atoms with E-state index < -0.39 is 0 Å². The maximum atomic E-state index is 5.49. The molecule has 0 saturated carbocycles. The highest BCUT2D eigenvalue weighted by atomic mass is 16.5. The van der Waals surface area contributed by atoms with Crippen molar-refractivity contribution in [2.24, 2.45) is 0 Å². The molecule has 1 aromatic rings. The van der Waals surface area contributed by atoms with Crippen LogP contribution in [-0.2, 0) is 6.42 Å². The monoisotopic (exact) mass is 205 g/mol. The van der Waals surface area contributed by atoms with E-state index in [0.29, 0.717) is 6.04 Å². The van der Waals surface area contributed by atoms with E-state index in [-0.39, 0.29) is 0 Å². The third kappa shape index (κ3) is 2.32. The first-order valence-electron chi connectivity index (χ1n) is 5.80. The van der Waals surface area contributed by atoms with Gasteiger partial charge in [0.25, 0.3) is 0 Å². The van der Waals surface area contributed by atoms with Gasteiger partial charge in [-0.15, -0.1) is 0 Å². The predicted molar refractivity (Wildman–Crippen MR) is 62.3 cm³/mol. The molecule has 1 aliphatic rings. The number of rotatable bonds is 4. The van der Waals surface area contributed by atoms with Crippen molar-refractivity contribution in [1.29, 1.82) is 0 Å². The third-order valence-electron chi connectivity index (χ3n) is 2.91. The summed E-state index contributed by atoms with van der Waals surface area (Å²) >= 11 is 0. The first kappa shape index (κ1) is 10.5. The molecule has 1 N–H and O–H groups in total. The van der Waals surface area contributed by atoms with Gasteiger partial charge in [0.15, 0.2) is 0 Å². The Balaban J connectivity index is 2.08. The first-order chi connectivity index (χ1) is 7.31. The van der Waals surface area contributed by atoms with Crippen LogP contribution in [0.25, 0.3) is 0 Å². The van der Waals surface area contributed by atoms with Gasteiger partial charge in [0.2, 0.25) is 0 Å². The number of hydrogen-bond donors (Lipinski definition) is 1. The van der Waals surface area contributed by atoms with Crippen molar-refractivity contribution >= 4 is 0 Å². The second-order valence-corrected chi connectivity index (χ2v) is 4.14. The zero-order valence-corrected chi connectivity index (χ0v) is 9.55. The van der Waals surface area contributed by atoms with Gasteiger partial charge in [0.1, 0.15) is 5.75 Å². The van der Waals surface area contributed by atoms with Crippen LogP contribution in [-0.4, -0.2) is 13.2 Å². The van der Waals surface area contributed by atoms with Gasteiger partial charge >= 0.3 is 0 Å². The number of nitrogens with one attached hydrogen (secondary N) is 1. The fourth-order valence-corrected chi connectivity index (χ4v) is 1.95. The van der Waals surface area contributed by atoms with Crippen LogP contribution in [0.15, 0.2) is 18.2 Å². The molecule has 0 fully saturated rings. The van der Waals surface area contributed by atoms with Crippen molar-refractivity contribution in [3.63, 3.8) is 0 Å². The van der Waals surface area contributed by atoms with E-state index in [1.807, 2.05) is 0 Å². The maximum Gasteiger partial charge on any atom is 0.122 e. The van der Waals surface area contributed by atoms with E-state index in [2.05, 4.69) is 37.4 Å². The van der Waals surface area contributed by atoms with Gasteiger partial charge in [-0.25, -0.2) is 0 Å². The fourth-order valence-electron chi connectivity index (χ4n) is 1.95. The number of fused-ring (bicyclic) bond motifs is 1. The topological polar surface area (TPSA) is 21.3 Å². The Labute approximate surface area is 91.6 Å². The van der Waals surface area contributed by atoms with Crippen molar-refractivity contribution in [2.45, 2.75) is 32.7 Å². The molecule has 0 radical (unpaired) electrons. The lowest BCUT2D eigenvalue weighted by molar-refractivity contribution is 0.356. The summed E-state index contributed by atoms with van der Waals surface area (Å²) in [4.78, 5) is 0. The molecule has 1 atom stereocenters. The zero-order valence-electron chi connectivity index (χ0n) is 9.55. The molecular weight excluding hydrogens is 186 g/mol. The lowest BCUT2D eigenvalue weighted by atomic mass is 10.0. The SMILES string of the molecule is CCCNC(C)c1ccc2c(c1)CCO2. The van der Waals surface area contributed by atoms with Crippen molar-refractivity contribution in [1.82, 2.24) is 5.32 Å². The second kappa shape index (κ2) is 4.67. The van der Waals surface area contributed by atoms with E-state index in [1.54, 1.807) is 0 Å². The van der Waals surface area contributed by atoms with E-state index >= 15 is 0 Å². The smallest absolute Gasteiger partial charge is 0.122 e. The van der Waals surface area contributed by atoms with E-state index in [9.17, 15) is 0 Å². The summed E-state index contributed by atoms with van der Waals surface area (Å²) in [5.74, 6) is 1.07. The minimum Gasteiger partial charge on any atom is -0.493 e. The summed E-state index contributed by atoms with van der Waals surface area (Å²) in [5, 5.41) is 3.50. The van der Waals surface area contributed by atoms with Crippen molar-refractivity contribution in [3.8, 4) is 5.75 Å². The van der Waals surface area contributed by atoms with Crippen LogP contribution in [0.1, 0.15) is 37.4 Å². The van der Waals surface area contributed by atoms with Gasteiger partial charge < -0.3 is 10.1 Å². The molecule has 82 valence electrons. The van der Waals surface area contributed by atoms with Gasteiger partial charge in [-0.1, -0.05) is 19.1 Å². The normalized spacial score (nSPS) is 15.9. The molecule has 1 unspecified atom stereocenters. The molecule has 15 heavy (non-hydrogen) atoms. The van der Waals surface area contributed by atoms with Crippen LogP contribution < -0.4 is 10.1 Å². The summed E-state index contributed by atoms with van der Waals surface area (Å²) in [6.45, 7) is 6.33. The minimum atomic E-state index is 0.441. The van der Waals surface area contributed by atoms with Gasteiger partial charge in [0, 0.05) is 12.5 Å².